The van der Waals surface area contributed by atoms with Crippen molar-refractivity contribution >= 4 is 23.4 Å². The highest BCUT2D eigenvalue weighted by molar-refractivity contribution is 6.30. The van der Waals surface area contributed by atoms with Gasteiger partial charge in [-0.3, -0.25) is 9.59 Å². The zero-order valence-corrected chi connectivity index (χ0v) is 15.8. The van der Waals surface area contributed by atoms with E-state index in [1.807, 2.05) is 36.9 Å². The molecule has 0 unspecified atom stereocenters. The minimum Gasteiger partial charge on any atom is -0.349 e. The van der Waals surface area contributed by atoms with Crippen molar-refractivity contribution in [3.8, 4) is 0 Å². The number of carbonyl (C=O) groups excluding carboxylic acids is 2. The van der Waals surface area contributed by atoms with E-state index in [1.54, 1.807) is 24.3 Å². The van der Waals surface area contributed by atoms with Crippen molar-refractivity contribution in [3.05, 3.63) is 69.7 Å². The molecule has 1 aliphatic heterocycles. The molecule has 136 valence electrons. The zero-order valence-electron chi connectivity index (χ0n) is 15.1. The molecule has 4 nitrogen and oxygen atoms in total. The van der Waals surface area contributed by atoms with Gasteiger partial charge in [0.15, 0.2) is 0 Å². The lowest BCUT2D eigenvalue weighted by atomic mass is 10.0. The third-order valence-corrected chi connectivity index (χ3v) is 5.19. The first-order valence-corrected chi connectivity index (χ1v) is 9.25. The van der Waals surface area contributed by atoms with Gasteiger partial charge in [0, 0.05) is 35.3 Å². The van der Waals surface area contributed by atoms with E-state index in [2.05, 4.69) is 5.32 Å². The minimum absolute atomic E-state index is 0.00793. The summed E-state index contributed by atoms with van der Waals surface area (Å²) >= 11 is 5.97. The number of rotatable bonds is 3. The normalized spacial score (nSPS) is 15.0. The van der Waals surface area contributed by atoms with Crippen molar-refractivity contribution in [2.75, 3.05) is 13.1 Å². The number of halogens is 1. The van der Waals surface area contributed by atoms with Gasteiger partial charge in [0.1, 0.15) is 0 Å². The van der Waals surface area contributed by atoms with Gasteiger partial charge in [-0.05, 0) is 68.1 Å². The van der Waals surface area contributed by atoms with Crippen LogP contribution in [0.5, 0.6) is 0 Å². The van der Waals surface area contributed by atoms with Gasteiger partial charge in [0.25, 0.3) is 11.8 Å². The highest BCUT2D eigenvalue weighted by atomic mass is 35.5. The number of amides is 2. The first-order valence-electron chi connectivity index (χ1n) is 8.87. The molecule has 1 saturated heterocycles. The molecule has 2 amide bonds. The number of aryl methyl sites for hydroxylation is 2. The lowest BCUT2D eigenvalue weighted by Crippen LogP contribution is -2.46. The van der Waals surface area contributed by atoms with Crippen molar-refractivity contribution in [1.29, 1.82) is 0 Å². The fourth-order valence-electron chi connectivity index (χ4n) is 3.18. The third-order valence-electron chi connectivity index (χ3n) is 4.96. The van der Waals surface area contributed by atoms with Crippen LogP contribution in [0.3, 0.4) is 0 Å². The Labute approximate surface area is 159 Å². The third kappa shape index (κ3) is 4.25. The molecule has 0 atom stereocenters. The average molecular weight is 371 g/mol. The maximum absolute atomic E-state index is 12.6. The summed E-state index contributed by atoms with van der Waals surface area (Å²) in [6.07, 6.45) is 1.51. The molecule has 1 aliphatic rings. The molecule has 1 heterocycles. The van der Waals surface area contributed by atoms with Crippen molar-refractivity contribution in [1.82, 2.24) is 10.2 Å². The lowest BCUT2D eigenvalue weighted by Gasteiger charge is -2.32. The Morgan fingerprint density at radius 2 is 1.73 bits per heavy atom. The van der Waals surface area contributed by atoms with E-state index < -0.39 is 0 Å². The van der Waals surface area contributed by atoms with Crippen molar-refractivity contribution < 1.29 is 9.59 Å². The van der Waals surface area contributed by atoms with Gasteiger partial charge in [0.2, 0.25) is 0 Å². The summed E-state index contributed by atoms with van der Waals surface area (Å²) in [5.41, 5.74) is 3.58. The largest absolute Gasteiger partial charge is 0.349 e. The second-order valence-corrected chi connectivity index (χ2v) is 7.29. The Morgan fingerprint density at radius 3 is 2.38 bits per heavy atom. The summed E-state index contributed by atoms with van der Waals surface area (Å²) in [6, 6.07) is 12.8. The van der Waals surface area contributed by atoms with Crippen LogP contribution in [0.15, 0.2) is 42.5 Å². The number of nitrogens with zero attached hydrogens (tertiary/aromatic N) is 1. The number of hydrogen-bond donors (Lipinski definition) is 1. The summed E-state index contributed by atoms with van der Waals surface area (Å²) < 4.78 is 0. The molecule has 1 fully saturated rings. The summed E-state index contributed by atoms with van der Waals surface area (Å²) in [6.45, 7) is 5.29. The van der Waals surface area contributed by atoms with E-state index in [0.29, 0.717) is 29.2 Å². The van der Waals surface area contributed by atoms with Crippen LogP contribution >= 0.6 is 11.6 Å². The van der Waals surface area contributed by atoms with Gasteiger partial charge < -0.3 is 10.2 Å². The highest BCUT2D eigenvalue weighted by Gasteiger charge is 2.25. The van der Waals surface area contributed by atoms with Gasteiger partial charge in [-0.25, -0.2) is 0 Å². The molecule has 26 heavy (non-hydrogen) atoms. The molecule has 3 rings (SSSR count). The Bertz CT molecular complexity index is 827. The Balaban J connectivity index is 1.55. The lowest BCUT2D eigenvalue weighted by molar-refractivity contribution is 0.0698. The molecule has 0 aliphatic carbocycles. The van der Waals surface area contributed by atoms with E-state index in [4.69, 9.17) is 11.6 Å². The maximum atomic E-state index is 12.6. The molecule has 0 radical (unpaired) electrons. The fraction of sp³-hybridized carbons (Fsp3) is 0.333. The fourth-order valence-corrected chi connectivity index (χ4v) is 3.37. The molecule has 5 heteroatoms. The molecular weight excluding hydrogens is 348 g/mol. The average Bonchev–Trinajstić information content (AvgIpc) is 2.64. The van der Waals surface area contributed by atoms with Crippen molar-refractivity contribution in [2.24, 2.45) is 0 Å². The Kier molecular flexibility index (Phi) is 5.62. The van der Waals surface area contributed by atoms with Crippen LogP contribution in [0, 0.1) is 13.8 Å². The second-order valence-electron chi connectivity index (χ2n) is 6.85. The van der Waals surface area contributed by atoms with E-state index in [-0.39, 0.29) is 17.9 Å². The summed E-state index contributed by atoms with van der Waals surface area (Å²) in [7, 11) is 0. The van der Waals surface area contributed by atoms with E-state index in [9.17, 15) is 9.59 Å². The van der Waals surface area contributed by atoms with Crippen molar-refractivity contribution in [3.63, 3.8) is 0 Å². The Hall–Kier alpha value is -2.33. The van der Waals surface area contributed by atoms with E-state index >= 15 is 0 Å². The summed E-state index contributed by atoms with van der Waals surface area (Å²) in [5.74, 6) is -0.0563. The smallest absolute Gasteiger partial charge is 0.253 e. The van der Waals surface area contributed by atoms with Crippen LogP contribution < -0.4 is 5.32 Å². The maximum Gasteiger partial charge on any atom is 0.253 e. The SMILES string of the molecule is Cc1ccc(C(=O)NC2CCN(C(=O)c3cccc(Cl)c3)CC2)cc1C. The first kappa shape index (κ1) is 18.5. The highest BCUT2D eigenvalue weighted by Crippen LogP contribution is 2.17. The number of benzene rings is 2. The van der Waals surface area contributed by atoms with Gasteiger partial charge in [-0.1, -0.05) is 23.7 Å². The standard InChI is InChI=1S/C21H23ClN2O2/c1-14-6-7-16(12-15(14)2)20(25)23-19-8-10-24(11-9-19)21(26)17-4-3-5-18(22)13-17/h3-7,12-13,19H,8-11H2,1-2H3,(H,23,25). The van der Waals surface area contributed by atoms with Crippen LogP contribution in [0.2, 0.25) is 5.02 Å². The number of likely N-dealkylation sites (tertiary alicyclic amines) is 1. The van der Waals surface area contributed by atoms with Crippen LogP contribution in [0.1, 0.15) is 44.7 Å². The minimum atomic E-state index is -0.0484. The number of hydrogen-bond acceptors (Lipinski definition) is 2. The van der Waals surface area contributed by atoms with Gasteiger partial charge in [-0.15, -0.1) is 0 Å². The summed E-state index contributed by atoms with van der Waals surface area (Å²) in [5, 5.41) is 3.65. The van der Waals surface area contributed by atoms with Crippen LogP contribution in [-0.2, 0) is 0 Å². The molecule has 2 aromatic carbocycles. The number of carbonyl (C=O) groups is 2. The van der Waals surface area contributed by atoms with E-state index in [0.717, 1.165) is 18.4 Å². The molecule has 0 aromatic heterocycles. The monoisotopic (exact) mass is 370 g/mol. The van der Waals surface area contributed by atoms with Gasteiger partial charge in [-0.2, -0.15) is 0 Å². The quantitative estimate of drug-likeness (QED) is 0.888. The first-order chi connectivity index (χ1) is 12.4. The molecule has 1 N–H and O–H groups in total. The molecular formula is C21H23ClN2O2. The van der Waals surface area contributed by atoms with E-state index in [1.165, 1.54) is 5.56 Å². The zero-order chi connectivity index (χ0) is 18.7. The predicted octanol–water partition coefficient (Wildman–Crippen LogP) is 3.99. The van der Waals surface area contributed by atoms with Gasteiger partial charge >= 0.3 is 0 Å². The molecule has 0 bridgehead atoms. The van der Waals surface area contributed by atoms with Crippen LogP contribution in [0.25, 0.3) is 0 Å². The molecule has 2 aromatic rings. The topological polar surface area (TPSA) is 49.4 Å². The Morgan fingerprint density at radius 1 is 1.00 bits per heavy atom. The summed E-state index contributed by atoms with van der Waals surface area (Å²) in [4.78, 5) is 26.8. The number of nitrogens with one attached hydrogen (secondary N) is 1. The molecule has 0 spiro atoms. The van der Waals surface area contributed by atoms with Gasteiger partial charge in [0.05, 0.1) is 0 Å². The van der Waals surface area contributed by atoms with Crippen LogP contribution in [-0.4, -0.2) is 35.8 Å². The molecule has 0 saturated carbocycles. The number of piperidine rings is 1. The van der Waals surface area contributed by atoms with Crippen molar-refractivity contribution in [2.45, 2.75) is 32.7 Å². The van der Waals surface area contributed by atoms with Crippen LogP contribution in [0.4, 0.5) is 0 Å². The predicted molar refractivity (Wildman–Crippen MR) is 104 cm³/mol. The second kappa shape index (κ2) is 7.92.